The van der Waals surface area contributed by atoms with E-state index < -0.39 is 31.8 Å². The second-order valence-corrected chi connectivity index (χ2v) is 9.27. The van der Waals surface area contributed by atoms with Crippen LogP contribution in [0, 0.1) is 5.41 Å². The first kappa shape index (κ1) is 21.6. The third-order valence-corrected chi connectivity index (χ3v) is 5.70. The Morgan fingerprint density at radius 1 is 1.25 bits per heavy atom. The van der Waals surface area contributed by atoms with Crippen molar-refractivity contribution in [3.05, 3.63) is 30.3 Å². The van der Waals surface area contributed by atoms with E-state index in [0.717, 1.165) is 0 Å². The van der Waals surface area contributed by atoms with Gasteiger partial charge in [-0.2, -0.15) is 0 Å². The van der Waals surface area contributed by atoms with E-state index >= 15 is 0 Å². The molecule has 0 unspecified atom stereocenters. The predicted octanol–water partition coefficient (Wildman–Crippen LogP) is 0.932. The van der Waals surface area contributed by atoms with Crippen molar-refractivity contribution in [2.75, 3.05) is 7.11 Å². The van der Waals surface area contributed by atoms with E-state index in [1.54, 1.807) is 51.4 Å². The molecule has 0 atom stereocenters. The molecular weight excluding hydrogens is 390 g/mol. The van der Waals surface area contributed by atoms with E-state index in [2.05, 4.69) is 5.16 Å². The van der Waals surface area contributed by atoms with Crippen LogP contribution in [0.1, 0.15) is 34.1 Å². The summed E-state index contributed by atoms with van der Waals surface area (Å²) < 4.78 is 36.8. The number of nitrogens with zero attached hydrogens (tertiary/aromatic N) is 2. The summed E-state index contributed by atoms with van der Waals surface area (Å²) in [5.74, 6) is -0.913. The topological polar surface area (TPSA) is 132 Å². The molecule has 0 aliphatic rings. The van der Waals surface area contributed by atoms with E-state index in [9.17, 15) is 13.2 Å². The van der Waals surface area contributed by atoms with Gasteiger partial charge in [-0.1, -0.05) is 32.0 Å². The van der Waals surface area contributed by atoms with Gasteiger partial charge in [0.2, 0.25) is 11.1 Å². The summed E-state index contributed by atoms with van der Waals surface area (Å²) in [4.78, 5) is 17.4. The highest BCUT2D eigenvalue weighted by molar-refractivity contribution is 7.91. The van der Waals surface area contributed by atoms with Crippen molar-refractivity contribution in [2.45, 2.75) is 49.6 Å². The molecule has 0 spiro atoms. The molecule has 0 saturated heterocycles. The first-order valence-electron chi connectivity index (χ1n) is 8.35. The number of sulfone groups is 1. The van der Waals surface area contributed by atoms with Crippen molar-refractivity contribution in [2.24, 2.45) is 5.41 Å². The van der Waals surface area contributed by atoms with Crippen LogP contribution in [0.15, 0.2) is 44.9 Å². The van der Waals surface area contributed by atoms with Crippen LogP contribution in [0.4, 0.5) is 0 Å². The Hall–Kier alpha value is -2.66. The van der Waals surface area contributed by atoms with E-state index in [0.29, 0.717) is 4.90 Å². The molecule has 11 heteroatoms. The number of hydrogen-bond acceptors (Lipinski definition) is 8. The molecule has 154 valence electrons. The number of hydrogen-bond donors (Lipinski definition) is 2. The zero-order valence-corrected chi connectivity index (χ0v) is 17.1. The fourth-order valence-corrected chi connectivity index (χ4v) is 4.28. The van der Waals surface area contributed by atoms with Crippen LogP contribution < -0.4 is 20.0 Å². The Morgan fingerprint density at radius 3 is 2.39 bits per heavy atom. The Labute approximate surface area is 162 Å². The van der Waals surface area contributed by atoms with Gasteiger partial charge in [-0.05, 0) is 30.6 Å². The van der Waals surface area contributed by atoms with Gasteiger partial charge in [0.05, 0.1) is 4.90 Å². The number of hydroxylamine groups is 1. The highest BCUT2D eigenvalue weighted by atomic mass is 32.2. The number of aromatic nitrogens is 2. The highest BCUT2D eigenvalue weighted by Crippen LogP contribution is 2.33. The van der Waals surface area contributed by atoms with Crippen molar-refractivity contribution >= 4 is 15.7 Å². The van der Waals surface area contributed by atoms with Crippen molar-refractivity contribution in [1.29, 1.82) is 0 Å². The van der Waals surface area contributed by atoms with Gasteiger partial charge in [-0.3, -0.25) is 10.0 Å². The third kappa shape index (κ3) is 4.42. The maximum atomic E-state index is 13.0. The van der Waals surface area contributed by atoms with Crippen LogP contribution >= 0.6 is 0 Å². The Balaban J connectivity index is 2.43. The molecule has 0 fully saturated rings. The molecule has 1 aromatic carbocycles. The van der Waals surface area contributed by atoms with Crippen molar-refractivity contribution in [3.63, 3.8) is 0 Å². The quantitative estimate of drug-likeness (QED) is 0.482. The molecular formula is C17H24N3O7S+. The van der Waals surface area contributed by atoms with Gasteiger partial charge in [-0.15, -0.1) is 0 Å². The molecule has 2 rings (SSSR count). The van der Waals surface area contributed by atoms with E-state index in [4.69, 9.17) is 19.4 Å². The van der Waals surface area contributed by atoms with Gasteiger partial charge in [0.1, 0.15) is 12.7 Å². The van der Waals surface area contributed by atoms with E-state index in [1.165, 1.54) is 19.2 Å². The molecule has 0 radical (unpaired) electrons. The van der Waals surface area contributed by atoms with Crippen LogP contribution in [0.5, 0.6) is 5.88 Å². The molecule has 2 N–H and O–H groups in total. The van der Waals surface area contributed by atoms with Crippen LogP contribution in [-0.2, 0) is 14.6 Å². The number of carbonyl (C=O) groups excluding carboxylic acids is 1. The van der Waals surface area contributed by atoms with Crippen LogP contribution in [-0.4, -0.2) is 37.4 Å². The Kier molecular flexibility index (Phi) is 6.00. The minimum Gasteiger partial charge on any atom is -0.447 e. The molecule has 2 aromatic rings. The van der Waals surface area contributed by atoms with Gasteiger partial charge >= 0.3 is 10.9 Å². The van der Waals surface area contributed by atoms with Gasteiger partial charge in [0.15, 0.2) is 4.90 Å². The lowest BCUT2D eigenvalue weighted by atomic mass is 9.81. The Bertz CT molecular complexity index is 937. The highest BCUT2D eigenvalue weighted by Gasteiger charge is 2.45. The van der Waals surface area contributed by atoms with Gasteiger partial charge < -0.3 is 9.57 Å². The first-order valence-corrected chi connectivity index (χ1v) is 9.83. The van der Waals surface area contributed by atoms with E-state index in [-0.39, 0.29) is 17.2 Å². The second-order valence-electron chi connectivity index (χ2n) is 7.40. The second kappa shape index (κ2) is 7.76. The molecule has 10 nitrogen and oxygen atoms in total. The third-order valence-electron chi connectivity index (χ3n) is 3.98. The summed E-state index contributed by atoms with van der Waals surface area (Å²) in [5.41, 5.74) is -0.431. The fraction of sp³-hybridized carbons (Fsp3) is 0.471. The standard InChI is InChI=1S/C17H23N3O7S/c1-16(2,15(21)18-22)11-17(3,4)26-13-14(20(25-5)27-19-13)28(23,24)12-9-7-6-8-10-12/h6-10H,11H2,1-5H3,(H-,18,21,22)/p+1. The summed E-state index contributed by atoms with van der Waals surface area (Å²) in [7, 11) is -2.85. The van der Waals surface area contributed by atoms with Gasteiger partial charge in [0, 0.05) is 11.8 Å². The average Bonchev–Trinajstić information content (AvgIpc) is 3.03. The fourth-order valence-electron chi connectivity index (χ4n) is 2.92. The average molecular weight is 414 g/mol. The molecule has 0 saturated carbocycles. The predicted molar refractivity (Wildman–Crippen MR) is 94.1 cm³/mol. The molecule has 28 heavy (non-hydrogen) atoms. The minimum atomic E-state index is -4.07. The monoisotopic (exact) mass is 414 g/mol. The first-order chi connectivity index (χ1) is 12.9. The number of nitrogens with one attached hydrogen (secondary N) is 1. The molecule has 0 aliphatic carbocycles. The summed E-state index contributed by atoms with van der Waals surface area (Å²) in [6.07, 6.45) is 0.136. The molecule has 1 heterocycles. The lowest BCUT2D eigenvalue weighted by Crippen LogP contribution is -2.45. The normalized spacial score (nSPS) is 12.5. The van der Waals surface area contributed by atoms with Gasteiger partial charge in [0.25, 0.3) is 9.84 Å². The van der Waals surface area contributed by atoms with Crippen LogP contribution in [0.3, 0.4) is 0 Å². The minimum absolute atomic E-state index is 0.00615. The van der Waals surface area contributed by atoms with Crippen LogP contribution in [0.2, 0.25) is 0 Å². The molecule has 0 bridgehead atoms. The van der Waals surface area contributed by atoms with Crippen molar-refractivity contribution in [1.82, 2.24) is 10.6 Å². The maximum Gasteiger partial charge on any atom is 0.446 e. The van der Waals surface area contributed by atoms with Crippen molar-refractivity contribution in [3.8, 4) is 5.88 Å². The summed E-state index contributed by atoms with van der Waals surface area (Å²) >= 11 is 0. The zero-order chi connectivity index (χ0) is 21.2. The molecule has 1 amide bonds. The summed E-state index contributed by atoms with van der Waals surface area (Å²) in [5, 5.41) is 12.2. The van der Waals surface area contributed by atoms with Crippen molar-refractivity contribution < 1.29 is 37.5 Å². The van der Waals surface area contributed by atoms with Gasteiger partial charge in [-0.25, -0.2) is 13.9 Å². The number of benzene rings is 1. The Morgan fingerprint density at radius 2 is 1.86 bits per heavy atom. The lowest BCUT2D eigenvalue weighted by Gasteiger charge is -2.32. The largest absolute Gasteiger partial charge is 0.447 e. The number of ether oxygens (including phenoxy) is 1. The number of amides is 1. The zero-order valence-electron chi connectivity index (χ0n) is 16.3. The molecule has 1 aromatic heterocycles. The summed E-state index contributed by atoms with van der Waals surface area (Å²) in [6.45, 7) is 6.54. The SMILES string of the molecule is CO[n+]1onc(OC(C)(C)CC(C)(C)C(=O)NO)c1S(=O)(=O)c1ccccc1. The van der Waals surface area contributed by atoms with Crippen LogP contribution in [0.25, 0.3) is 0 Å². The number of carbonyl (C=O) groups is 1. The van der Waals surface area contributed by atoms with E-state index in [1.807, 2.05) is 0 Å². The summed E-state index contributed by atoms with van der Waals surface area (Å²) in [6, 6.07) is 7.69. The lowest BCUT2D eigenvalue weighted by molar-refractivity contribution is -1.04. The smallest absolute Gasteiger partial charge is 0.446 e. The maximum absolute atomic E-state index is 13.0. The molecule has 0 aliphatic heterocycles. The number of rotatable bonds is 8.